The lowest BCUT2D eigenvalue weighted by Crippen LogP contribution is -2.17. The third-order valence-electron chi connectivity index (χ3n) is 2.04. The first-order valence-electron chi connectivity index (χ1n) is 4.73. The van der Waals surface area contributed by atoms with Gasteiger partial charge in [-0.15, -0.1) is 11.3 Å². The third-order valence-corrected chi connectivity index (χ3v) is 3.06. The number of thiazole rings is 1. The molecule has 1 unspecified atom stereocenters. The van der Waals surface area contributed by atoms with Gasteiger partial charge in [-0.25, -0.2) is 4.98 Å². The van der Waals surface area contributed by atoms with Crippen LogP contribution in [0.3, 0.4) is 0 Å². The Labute approximate surface area is 84.4 Å². The maximum absolute atomic E-state index is 4.27. The summed E-state index contributed by atoms with van der Waals surface area (Å²) in [6.45, 7) is 6.55. The van der Waals surface area contributed by atoms with Crippen LogP contribution in [0.4, 0.5) is 0 Å². The largest absolute Gasteiger partial charge is 0.312 e. The van der Waals surface area contributed by atoms with E-state index in [0.717, 1.165) is 10.9 Å². The van der Waals surface area contributed by atoms with Crippen LogP contribution in [0.2, 0.25) is 0 Å². The smallest absolute Gasteiger partial charge is 0.0897 e. The van der Waals surface area contributed by atoms with Gasteiger partial charge in [0.1, 0.15) is 0 Å². The van der Waals surface area contributed by atoms with Crippen LogP contribution in [0, 0.1) is 12.8 Å². The van der Waals surface area contributed by atoms with Crippen LogP contribution in [0.15, 0.2) is 6.20 Å². The van der Waals surface area contributed by atoms with Gasteiger partial charge in [0.25, 0.3) is 0 Å². The molecule has 1 aromatic rings. The maximum Gasteiger partial charge on any atom is 0.0897 e. The van der Waals surface area contributed by atoms with Gasteiger partial charge >= 0.3 is 0 Å². The Hall–Kier alpha value is -0.410. The molecule has 1 atom stereocenters. The minimum absolute atomic E-state index is 0.478. The first-order chi connectivity index (χ1) is 6.13. The summed E-state index contributed by atoms with van der Waals surface area (Å²) in [4.78, 5) is 5.63. The zero-order valence-corrected chi connectivity index (χ0v) is 9.61. The maximum atomic E-state index is 4.27. The zero-order valence-electron chi connectivity index (χ0n) is 8.79. The van der Waals surface area contributed by atoms with E-state index >= 15 is 0 Å². The highest BCUT2D eigenvalue weighted by Crippen LogP contribution is 2.25. The minimum Gasteiger partial charge on any atom is -0.312 e. The second kappa shape index (κ2) is 4.72. The second-order valence-corrected chi connectivity index (χ2v) is 5.02. The molecule has 0 aliphatic carbocycles. The fourth-order valence-corrected chi connectivity index (χ4v) is 2.29. The van der Waals surface area contributed by atoms with Crippen molar-refractivity contribution in [2.24, 2.45) is 5.92 Å². The highest BCUT2D eigenvalue weighted by atomic mass is 32.1. The molecule has 2 nitrogen and oxygen atoms in total. The topological polar surface area (TPSA) is 24.9 Å². The van der Waals surface area contributed by atoms with E-state index in [1.54, 1.807) is 11.3 Å². The molecular weight excluding hydrogens is 180 g/mol. The molecule has 0 fully saturated rings. The van der Waals surface area contributed by atoms with Crippen LogP contribution in [0.25, 0.3) is 0 Å². The van der Waals surface area contributed by atoms with Gasteiger partial charge < -0.3 is 5.32 Å². The van der Waals surface area contributed by atoms with Gasteiger partial charge in [0.05, 0.1) is 5.01 Å². The molecule has 74 valence electrons. The summed E-state index contributed by atoms with van der Waals surface area (Å²) in [5.74, 6) is 0.722. The fraction of sp³-hybridized carbons (Fsp3) is 0.700. The van der Waals surface area contributed by atoms with Gasteiger partial charge in [-0.3, -0.25) is 0 Å². The molecule has 0 radical (unpaired) electrons. The molecule has 0 saturated carbocycles. The number of aryl methyl sites for hydroxylation is 1. The summed E-state index contributed by atoms with van der Waals surface area (Å²) >= 11 is 1.79. The zero-order chi connectivity index (χ0) is 9.84. The van der Waals surface area contributed by atoms with Gasteiger partial charge in [0.15, 0.2) is 0 Å². The Morgan fingerprint density at radius 2 is 2.23 bits per heavy atom. The van der Waals surface area contributed by atoms with Crippen LogP contribution in [0.1, 0.15) is 36.2 Å². The number of nitrogens with zero attached hydrogens (tertiary/aromatic N) is 1. The molecule has 0 saturated heterocycles. The molecule has 1 aromatic heterocycles. The first kappa shape index (κ1) is 10.7. The molecule has 1 N–H and O–H groups in total. The van der Waals surface area contributed by atoms with E-state index in [1.807, 2.05) is 13.2 Å². The lowest BCUT2D eigenvalue weighted by molar-refractivity contribution is 0.461. The quantitative estimate of drug-likeness (QED) is 0.804. The molecule has 0 aromatic carbocycles. The van der Waals surface area contributed by atoms with Crippen molar-refractivity contribution >= 4 is 11.3 Å². The molecule has 0 spiro atoms. The summed E-state index contributed by atoms with van der Waals surface area (Å²) in [5, 5.41) is 4.49. The monoisotopic (exact) mass is 198 g/mol. The highest BCUT2D eigenvalue weighted by Gasteiger charge is 2.13. The number of rotatable bonds is 4. The van der Waals surface area contributed by atoms with Crippen molar-refractivity contribution in [3.8, 4) is 0 Å². The Bertz CT molecular complexity index is 255. The van der Waals surface area contributed by atoms with Gasteiger partial charge in [0, 0.05) is 17.1 Å². The molecule has 1 heterocycles. The molecule has 1 rings (SSSR count). The molecular formula is C10H18N2S. The van der Waals surface area contributed by atoms with Gasteiger partial charge in [-0.1, -0.05) is 13.8 Å². The average Bonchev–Trinajstić information content (AvgIpc) is 2.47. The van der Waals surface area contributed by atoms with E-state index in [-0.39, 0.29) is 0 Å². The summed E-state index contributed by atoms with van der Waals surface area (Å²) < 4.78 is 0. The van der Waals surface area contributed by atoms with E-state index in [2.05, 4.69) is 31.1 Å². The average molecular weight is 198 g/mol. The van der Waals surface area contributed by atoms with Crippen LogP contribution in [0.5, 0.6) is 0 Å². The molecule has 3 heteroatoms. The van der Waals surface area contributed by atoms with Crippen LogP contribution in [-0.4, -0.2) is 12.0 Å². The minimum atomic E-state index is 0.478. The predicted molar refractivity (Wildman–Crippen MR) is 58.1 cm³/mol. The Morgan fingerprint density at radius 3 is 2.62 bits per heavy atom. The number of aromatic nitrogens is 1. The van der Waals surface area contributed by atoms with Crippen molar-refractivity contribution in [2.45, 2.75) is 33.2 Å². The second-order valence-electron chi connectivity index (χ2n) is 3.75. The van der Waals surface area contributed by atoms with Crippen molar-refractivity contribution in [1.29, 1.82) is 0 Å². The summed E-state index contributed by atoms with van der Waals surface area (Å²) in [6.07, 6.45) is 3.17. The van der Waals surface area contributed by atoms with Gasteiger partial charge in [0.2, 0.25) is 0 Å². The van der Waals surface area contributed by atoms with E-state index in [9.17, 15) is 0 Å². The lowest BCUT2D eigenvalue weighted by atomic mass is 10.0. The third kappa shape index (κ3) is 3.08. The summed E-state index contributed by atoms with van der Waals surface area (Å²) in [6, 6.07) is 0.478. The molecule has 13 heavy (non-hydrogen) atoms. The number of nitrogens with one attached hydrogen (secondary N) is 1. The van der Waals surface area contributed by atoms with E-state index in [4.69, 9.17) is 0 Å². The molecule has 0 aliphatic heterocycles. The number of hydrogen-bond acceptors (Lipinski definition) is 3. The van der Waals surface area contributed by atoms with Gasteiger partial charge in [-0.05, 0) is 26.3 Å². The van der Waals surface area contributed by atoms with E-state index in [0.29, 0.717) is 6.04 Å². The normalized spacial score (nSPS) is 13.6. The standard InChI is InChI=1S/C10H18N2S/c1-7(2)5-9(11-4)10-6-12-8(3)13-10/h6-7,9,11H,5H2,1-4H3. The Balaban J connectivity index is 2.66. The molecule has 0 bridgehead atoms. The van der Waals surface area contributed by atoms with Crippen LogP contribution in [-0.2, 0) is 0 Å². The van der Waals surface area contributed by atoms with E-state index in [1.165, 1.54) is 11.3 Å². The molecule has 0 amide bonds. The summed E-state index contributed by atoms with van der Waals surface area (Å²) in [7, 11) is 2.02. The van der Waals surface area contributed by atoms with Crippen molar-refractivity contribution in [3.05, 3.63) is 16.1 Å². The Kier molecular flexibility index (Phi) is 3.88. The first-order valence-corrected chi connectivity index (χ1v) is 5.54. The highest BCUT2D eigenvalue weighted by molar-refractivity contribution is 7.11. The van der Waals surface area contributed by atoms with Crippen LogP contribution < -0.4 is 5.32 Å². The van der Waals surface area contributed by atoms with Crippen molar-refractivity contribution < 1.29 is 0 Å². The molecule has 0 aliphatic rings. The van der Waals surface area contributed by atoms with Crippen molar-refractivity contribution in [2.75, 3.05) is 7.05 Å². The predicted octanol–water partition coefficient (Wildman–Crippen LogP) is 2.76. The fourth-order valence-electron chi connectivity index (χ4n) is 1.39. The van der Waals surface area contributed by atoms with Crippen molar-refractivity contribution in [1.82, 2.24) is 10.3 Å². The van der Waals surface area contributed by atoms with E-state index < -0.39 is 0 Å². The van der Waals surface area contributed by atoms with Crippen molar-refractivity contribution in [3.63, 3.8) is 0 Å². The SMILES string of the molecule is CNC(CC(C)C)c1cnc(C)s1. The Morgan fingerprint density at radius 1 is 1.54 bits per heavy atom. The van der Waals surface area contributed by atoms with Crippen LogP contribution >= 0.6 is 11.3 Å². The lowest BCUT2D eigenvalue weighted by Gasteiger charge is -2.15. The van der Waals surface area contributed by atoms with Gasteiger partial charge in [-0.2, -0.15) is 0 Å². The number of hydrogen-bond donors (Lipinski definition) is 1. The summed E-state index contributed by atoms with van der Waals surface area (Å²) in [5.41, 5.74) is 0.